The molecule has 0 bridgehead atoms. The molecule has 122 valence electrons. The lowest BCUT2D eigenvalue weighted by Crippen LogP contribution is -2.31. The number of nitrogens with zero attached hydrogens (tertiary/aromatic N) is 1. The number of nitrogens with one attached hydrogen (secondary N) is 2. The Bertz CT molecular complexity index is 723. The molecule has 0 saturated heterocycles. The minimum Gasteiger partial charge on any atom is -0.352 e. The summed E-state index contributed by atoms with van der Waals surface area (Å²) >= 11 is 0. The van der Waals surface area contributed by atoms with Crippen LogP contribution in [0, 0.1) is 5.82 Å². The quantitative estimate of drug-likeness (QED) is 0.799. The van der Waals surface area contributed by atoms with Crippen molar-refractivity contribution in [3.63, 3.8) is 0 Å². The lowest BCUT2D eigenvalue weighted by atomic mass is 10.1. The Labute approximate surface area is 134 Å². The van der Waals surface area contributed by atoms with Gasteiger partial charge in [-0.2, -0.15) is 0 Å². The molecule has 2 N–H and O–H groups in total. The first-order chi connectivity index (χ1) is 11.0. The van der Waals surface area contributed by atoms with Gasteiger partial charge in [-0.1, -0.05) is 0 Å². The molecule has 1 aromatic heterocycles. The molecule has 1 amide bonds. The molecule has 6 heteroatoms. The molecule has 5 nitrogen and oxygen atoms in total. The average molecular weight is 317 g/mol. The molecule has 0 atom stereocenters. The molecule has 0 aliphatic carbocycles. The summed E-state index contributed by atoms with van der Waals surface area (Å²) in [5.41, 5.74) is 0.832. The van der Waals surface area contributed by atoms with Gasteiger partial charge >= 0.3 is 0 Å². The van der Waals surface area contributed by atoms with Gasteiger partial charge in [0, 0.05) is 12.2 Å². The predicted octanol–water partition coefficient (Wildman–Crippen LogP) is 1.86. The van der Waals surface area contributed by atoms with Crippen LogP contribution in [0.5, 0.6) is 0 Å². The predicted molar refractivity (Wildman–Crippen MR) is 88.0 cm³/mol. The van der Waals surface area contributed by atoms with E-state index in [4.69, 9.17) is 0 Å². The zero-order chi connectivity index (χ0) is 16.8. The summed E-state index contributed by atoms with van der Waals surface area (Å²) in [6.45, 7) is 1.37. The molecule has 1 heterocycles. The number of aromatic nitrogens is 1. The number of halogens is 1. The highest BCUT2D eigenvalue weighted by Crippen LogP contribution is 2.15. The fourth-order valence-electron chi connectivity index (χ4n) is 2.14. The summed E-state index contributed by atoms with van der Waals surface area (Å²) in [5.74, 6) is -0.736. The van der Waals surface area contributed by atoms with Crippen molar-refractivity contribution in [1.29, 1.82) is 0 Å². The number of pyridine rings is 1. The van der Waals surface area contributed by atoms with Crippen LogP contribution in [0.1, 0.15) is 16.8 Å². The molecular formula is C17H20FN3O2. The Morgan fingerprint density at radius 3 is 2.48 bits per heavy atom. The van der Waals surface area contributed by atoms with Crippen LogP contribution >= 0.6 is 0 Å². The molecule has 0 radical (unpaired) electrons. The summed E-state index contributed by atoms with van der Waals surface area (Å²) < 4.78 is 12.9. The van der Waals surface area contributed by atoms with Crippen LogP contribution in [-0.2, 0) is 0 Å². The first-order valence-corrected chi connectivity index (χ1v) is 7.39. The molecule has 0 aliphatic heterocycles. The Morgan fingerprint density at radius 1 is 1.17 bits per heavy atom. The number of carbonyl (C=O) groups excluding carboxylic acids is 1. The van der Waals surface area contributed by atoms with E-state index in [0.29, 0.717) is 17.8 Å². The normalized spacial score (nSPS) is 10.8. The van der Waals surface area contributed by atoms with E-state index in [0.717, 1.165) is 13.0 Å². The lowest BCUT2D eigenvalue weighted by Gasteiger charge is -2.10. The maximum absolute atomic E-state index is 12.9. The van der Waals surface area contributed by atoms with Gasteiger partial charge in [-0.3, -0.25) is 9.59 Å². The van der Waals surface area contributed by atoms with Crippen molar-refractivity contribution in [2.24, 2.45) is 0 Å². The van der Waals surface area contributed by atoms with E-state index < -0.39 is 11.5 Å². The van der Waals surface area contributed by atoms with Crippen LogP contribution in [0.3, 0.4) is 0 Å². The van der Waals surface area contributed by atoms with Gasteiger partial charge in [0.15, 0.2) is 0 Å². The van der Waals surface area contributed by atoms with Crippen molar-refractivity contribution >= 4 is 5.91 Å². The van der Waals surface area contributed by atoms with Crippen molar-refractivity contribution in [3.8, 4) is 11.3 Å². The van der Waals surface area contributed by atoms with Crippen LogP contribution in [0.15, 0.2) is 41.2 Å². The van der Waals surface area contributed by atoms with Gasteiger partial charge in [0.05, 0.1) is 0 Å². The number of hydrogen-bond donors (Lipinski definition) is 2. The third-order valence-electron chi connectivity index (χ3n) is 3.38. The van der Waals surface area contributed by atoms with E-state index in [2.05, 4.69) is 10.3 Å². The van der Waals surface area contributed by atoms with Crippen molar-refractivity contribution < 1.29 is 9.18 Å². The van der Waals surface area contributed by atoms with Crippen molar-refractivity contribution in [2.45, 2.75) is 6.42 Å². The number of hydrogen-bond acceptors (Lipinski definition) is 3. The number of H-pyrrole nitrogens is 1. The average Bonchev–Trinajstić information content (AvgIpc) is 2.51. The summed E-state index contributed by atoms with van der Waals surface area (Å²) in [5, 5.41) is 2.73. The van der Waals surface area contributed by atoms with E-state index >= 15 is 0 Å². The minimum absolute atomic E-state index is 0.0701. The van der Waals surface area contributed by atoms with Crippen molar-refractivity contribution in [3.05, 3.63) is 58.1 Å². The van der Waals surface area contributed by atoms with Crippen molar-refractivity contribution in [1.82, 2.24) is 15.2 Å². The van der Waals surface area contributed by atoms with Gasteiger partial charge in [0.25, 0.3) is 11.5 Å². The maximum Gasteiger partial charge on any atom is 0.261 e. The molecule has 0 saturated carbocycles. The van der Waals surface area contributed by atoms with Crippen LogP contribution in [0.4, 0.5) is 4.39 Å². The highest BCUT2D eigenvalue weighted by molar-refractivity contribution is 5.94. The van der Waals surface area contributed by atoms with Crippen LogP contribution < -0.4 is 10.9 Å². The Morgan fingerprint density at radius 2 is 1.87 bits per heavy atom. The molecular weight excluding hydrogens is 297 g/mol. The molecule has 1 aromatic carbocycles. The van der Waals surface area contributed by atoms with Crippen LogP contribution in [0.25, 0.3) is 11.3 Å². The lowest BCUT2D eigenvalue weighted by molar-refractivity contribution is 0.0951. The Kier molecular flexibility index (Phi) is 5.65. The van der Waals surface area contributed by atoms with Gasteiger partial charge < -0.3 is 15.2 Å². The van der Waals surface area contributed by atoms with Gasteiger partial charge in [-0.05, 0) is 69.0 Å². The van der Waals surface area contributed by atoms with E-state index in [9.17, 15) is 14.0 Å². The second-order valence-electron chi connectivity index (χ2n) is 5.53. The molecule has 23 heavy (non-hydrogen) atoms. The number of aromatic amines is 1. The van der Waals surface area contributed by atoms with E-state index in [1.54, 1.807) is 18.2 Å². The fraction of sp³-hybridized carbons (Fsp3) is 0.294. The van der Waals surface area contributed by atoms with Gasteiger partial charge in [-0.15, -0.1) is 0 Å². The first kappa shape index (κ1) is 16.9. The molecule has 0 aliphatic rings. The van der Waals surface area contributed by atoms with E-state index in [1.807, 2.05) is 19.0 Å². The van der Waals surface area contributed by atoms with Gasteiger partial charge in [0.2, 0.25) is 0 Å². The van der Waals surface area contributed by atoms with Gasteiger partial charge in [-0.25, -0.2) is 4.39 Å². The summed E-state index contributed by atoms with van der Waals surface area (Å²) in [6, 6.07) is 8.91. The summed E-state index contributed by atoms with van der Waals surface area (Å²) in [7, 11) is 3.92. The van der Waals surface area contributed by atoms with Crippen LogP contribution in [-0.4, -0.2) is 43.0 Å². The monoisotopic (exact) mass is 317 g/mol. The van der Waals surface area contributed by atoms with E-state index in [1.165, 1.54) is 18.2 Å². The standard InChI is InChI=1S/C17H20FN3O2/c1-21(2)11-3-10-19-16(22)14-8-9-15(20-17(14)23)12-4-6-13(18)7-5-12/h4-9H,3,10-11H2,1-2H3,(H,19,22)(H,20,23). The molecule has 0 spiro atoms. The number of amides is 1. The number of rotatable bonds is 6. The molecule has 0 unspecified atom stereocenters. The van der Waals surface area contributed by atoms with Crippen LogP contribution in [0.2, 0.25) is 0 Å². The second-order valence-corrected chi connectivity index (χ2v) is 5.53. The molecule has 2 aromatic rings. The highest BCUT2D eigenvalue weighted by Gasteiger charge is 2.11. The third-order valence-corrected chi connectivity index (χ3v) is 3.38. The first-order valence-electron chi connectivity index (χ1n) is 7.39. The van der Waals surface area contributed by atoms with Gasteiger partial charge in [0.1, 0.15) is 11.4 Å². The largest absolute Gasteiger partial charge is 0.352 e. The van der Waals surface area contributed by atoms with E-state index in [-0.39, 0.29) is 11.4 Å². The zero-order valence-electron chi connectivity index (χ0n) is 13.2. The highest BCUT2D eigenvalue weighted by atomic mass is 19.1. The minimum atomic E-state index is -0.461. The summed E-state index contributed by atoms with van der Waals surface area (Å²) in [4.78, 5) is 28.8. The Balaban J connectivity index is 2.05. The maximum atomic E-state index is 12.9. The molecule has 0 fully saturated rings. The summed E-state index contributed by atoms with van der Waals surface area (Å²) in [6.07, 6.45) is 0.810. The fourth-order valence-corrected chi connectivity index (χ4v) is 2.14. The number of carbonyl (C=O) groups is 1. The third kappa shape index (κ3) is 4.75. The van der Waals surface area contributed by atoms with Crippen molar-refractivity contribution in [2.75, 3.05) is 27.2 Å². The topological polar surface area (TPSA) is 65.2 Å². The molecule has 2 rings (SSSR count). The second kappa shape index (κ2) is 7.69. The Hall–Kier alpha value is -2.47. The zero-order valence-corrected chi connectivity index (χ0v) is 13.2. The SMILES string of the molecule is CN(C)CCCNC(=O)c1ccc(-c2ccc(F)cc2)[nH]c1=O. The smallest absolute Gasteiger partial charge is 0.261 e. The number of benzene rings is 1.